The molecule has 0 saturated heterocycles. The number of carbonyl (C=O) groups is 2. The van der Waals surface area contributed by atoms with E-state index in [1.807, 2.05) is 31.2 Å². The average Bonchev–Trinajstić information content (AvgIpc) is 2.62. The third-order valence-corrected chi connectivity index (χ3v) is 4.99. The molecule has 5 nitrogen and oxygen atoms in total. The van der Waals surface area contributed by atoms with E-state index in [1.54, 1.807) is 14.0 Å². The van der Waals surface area contributed by atoms with Gasteiger partial charge in [0.25, 0.3) is 5.91 Å². The highest BCUT2D eigenvalue weighted by Crippen LogP contribution is 2.32. The molecule has 1 aromatic carbocycles. The maximum Gasteiger partial charge on any atom is 0.311 e. The van der Waals surface area contributed by atoms with Crippen LogP contribution in [0.15, 0.2) is 24.3 Å². The Balaban J connectivity index is 1.95. The van der Waals surface area contributed by atoms with Crippen LogP contribution in [0, 0.1) is 18.3 Å². The molecule has 0 radical (unpaired) electrons. The minimum Gasteiger partial charge on any atom is -0.452 e. The van der Waals surface area contributed by atoms with Crippen molar-refractivity contribution in [3.05, 3.63) is 35.4 Å². The Kier molecular flexibility index (Phi) is 6.19. The van der Waals surface area contributed by atoms with Crippen molar-refractivity contribution in [2.75, 3.05) is 7.05 Å². The summed E-state index contributed by atoms with van der Waals surface area (Å²) in [5, 5.41) is 9.59. The van der Waals surface area contributed by atoms with Crippen LogP contribution < -0.4 is 0 Å². The number of carbonyl (C=O) groups excluding carboxylic acids is 2. The molecular weight excluding hydrogens is 316 g/mol. The summed E-state index contributed by atoms with van der Waals surface area (Å²) < 4.78 is 5.31. The topological polar surface area (TPSA) is 70.4 Å². The van der Waals surface area contributed by atoms with Gasteiger partial charge in [-0.2, -0.15) is 5.26 Å². The lowest BCUT2D eigenvalue weighted by atomic mass is 9.81. The molecule has 0 N–H and O–H groups in total. The molecular formula is C20H26N2O3. The number of hydrogen-bond donors (Lipinski definition) is 0. The predicted molar refractivity (Wildman–Crippen MR) is 94.6 cm³/mol. The molecule has 0 aromatic heterocycles. The number of nitriles is 1. The Morgan fingerprint density at radius 2 is 1.84 bits per heavy atom. The van der Waals surface area contributed by atoms with Gasteiger partial charge in [0.05, 0.1) is 12.5 Å². The Hall–Kier alpha value is -2.35. The van der Waals surface area contributed by atoms with E-state index in [2.05, 4.69) is 6.07 Å². The number of benzene rings is 1. The van der Waals surface area contributed by atoms with Crippen molar-refractivity contribution in [2.45, 2.75) is 64.0 Å². The molecule has 0 spiro atoms. The second-order valence-corrected chi connectivity index (χ2v) is 6.90. The van der Waals surface area contributed by atoms with Gasteiger partial charge in [0.1, 0.15) is 5.54 Å². The summed E-state index contributed by atoms with van der Waals surface area (Å²) in [5.41, 5.74) is 1.20. The zero-order valence-electron chi connectivity index (χ0n) is 15.2. The molecule has 0 heterocycles. The number of nitrogens with zero attached hydrogens (tertiary/aromatic N) is 2. The molecule has 1 aromatic rings. The van der Waals surface area contributed by atoms with Crippen molar-refractivity contribution >= 4 is 11.9 Å². The van der Waals surface area contributed by atoms with Crippen LogP contribution in [-0.4, -0.2) is 35.5 Å². The third-order valence-electron chi connectivity index (χ3n) is 4.99. The quantitative estimate of drug-likeness (QED) is 0.771. The lowest BCUT2D eigenvalue weighted by molar-refractivity contribution is -0.160. The number of likely N-dealkylation sites (N-methyl/N-ethyl adjacent to an activating group) is 1. The molecule has 1 atom stereocenters. The maximum atomic E-state index is 12.6. The van der Waals surface area contributed by atoms with Crippen LogP contribution in [0.25, 0.3) is 0 Å². The molecule has 2 rings (SSSR count). The fourth-order valence-corrected chi connectivity index (χ4v) is 3.30. The molecule has 1 aliphatic rings. The molecule has 0 unspecified atom stereocenters. The summed E-state index contributed by atoms with van der Waals surface area (Å²) in [6.45, 7) is 3.55. The molecule has 1 fully saturated rings. The molecule has 5 heteroatoms. The fourth-order valence-electron chi connectivity index (χ4n) is 3.30. The molecule has 0 aliphatic heterocycles. The van der Waals surface area contributed by atoms with Crippen LogP contribution in [0.5, 0.6) is 0 Å². The normalized spacial score (nSPS) is 17.2. The van der Waals surface area contributed by atoms with Gasteiger partial charge in [0.15, 0.2) is 6.10 Å². The van der Waals surface area contributed by atoms with Gasteiger partial charge in [-0.1, -0.05) is 49.1 Å². The van der Waals surface area contributed by atoms with Gasteiger partial charge in [0.2, 0.25) is 0 Å². The standard InChI is InChI=1S/C20H26N2O3/c1-15-7-9-17(10-8-15)13-18(23)25-16(2)19(24)22(3)20(14-21)11-5-4-6-12-20/h7-10,16H,4-6,11-13H2,1-3H3/t16-/m0/s1. The van der Waals surface area contributed by atoms with E-state index < -0.39 is 17.6 Å². The second-order valence-electron chi connectivity index (χ2n) is 6.90. The van der Waals surface area contributed by atoms with Gasteiger partial charge in [-0.05, 0) is 32.3 Å². The van der Waals surface area contributed by atoms with Gasteiger partial charge >= 0.3 is 5.97 Å². The summed E-state index contributed by atoms with van der Waals surface area (Å²) in [4.78, 5) is 26.2. The Bertz CT molecular complexity index is 655. The molecule has 1 amide bonds. The average molecular weight is 342 g/mol. The predicted octanol–water partition coefficient (Wildman–Crippen LogP) is 3.15. The first kappa shape index (κ1) is 19.0. The Morgan fingerprint density at radius 1 is 1.24 bits per heavy atom. The summed E-state index contributed by atoms with van der Waals surface area (Å²) >= 11 is 0. The van der Waals surface area contributed by atoms with Crippen molar-refractivity contribution in [1.82, 2.24) is 4.90 Å². The van der Waals surface area contributed by atoms with Crippen molar-refractivity contribution in [2.24, 2.45) is 0 Å². The van der Waals surface area contributed by atoms with E-state index >= 15 is 0 Å². The zero-order valence-corrected chi connectivity index (χ0v) is 15.2. The highest BCUT2D eigenvalue weighted by atomic mass is 16.5. The first-order chi connectivity index (χ1) is 11.9. The third kappa shape index (κ3) is 4.60. The van der Waals surface area contributed by atoms with Gasteiger partial charge in [-0.15, -0.1) is 0 Å². The smallest absolute Gasteiger partial charge is 0.311 e. The molecule has 1 saturated carbocycles. The number of amides is 1. The van der Waals surface area contributed by atoms with E-state index in [1.165, 1.54) is 4.90 Å². The number of ether oxygens (including phenoxy) is 1. The number of hydrogen-bond acceptors (Lipinski definition) is 4. The largest absolute Gasteiger partial charge is 0.452 e. The van der Waals surface area contributed by atoms with Crippen molar-refractivity contribution in [3.8, 4) is 6.07 Å². The van der Waals surface area contributed by atoms with Crippen LogP contribution >= 0.6 is 0 Å². The Labute approximate surface area is 149 Å². The molecule has 0 bridgehead atoms. The number of rotatable bonds is 5. The molecule has 25 heavy (non-hydrogen) atoms. The van der Waals surface area contributed by atoms with E-state index in [-0.39, 0.29) is 12.3 Å². The highest BCUT2D eigenvalue weighted by Gasteiger charge is 2.40. The zero-order chi connectivity index (χ0) is 18.4. The van der Waals surface area contributed by atoms with Gasteiger partial charge in [-0.25, -0.2) is 0 Å². The summed E-state index contributed by atoms with van der Waals surface area (Å²) in [7, 11) is 1.64. The van der Waals surface area contributed by atoms with Crippen molar-refractivity contribution in [1.29, 1.82) is 5.26 Å². The highest BCUT2D eigenvalue weighted by molar-refractivity contribution is 5.84. The Morgan fingerprint density at radius 3 is 2.40 bits per heavy atom. The minimum atomic E-state index is -0.893. The summed E-state index contributed by atoms with van der Waals surface area (Å²) in [5.74, 6) is -0.756. The fraction of sp³-hybridized carbons (Fsp3) is 0.550. The lowest BCUT2D eigenvalue weighted by Crippen LogP contribution is -2.53. The van der Waals surface area contributed by atoms with Gasteiger partial charge < -0.3 is 9.64 Å². The van der Waals surface area contributed by atoms with Crippen LogP contribution in [0.4, 0.5) is 0 Å². The van der Waals surface area contributed by atoms with E-state index in [0.717, 1.165) is 30.4 Å². The van der Waals surface area contributed by atoms with Crippen LogP contribution in [0.1, 0.15) is 50.2 Å². The number of aryl methyl sites for hydroxylation is 1. The van der Waals surface area contributed by atoms with Crippen LogP contribution in [0.2, 0.25) is 0 Å². The van der Waals surface area contributed by atoms with Crippen LogP contribution in [0.3, 0.4) is 0 Å². The molecule has 1 aliphatic carbocycles. The van der Waals surface area contributed by atoms with E-state index in [9.17, 15) is 14.9 Å². The van der Waals surface area contributed by atoms with Crippen molar-refractivity contribution in [3.63, 3.8) is 0 Å². The SMILES string of the molecule is Cc1ccc(CC(=O)O[C@@H](C)C(=O)N(C)C2(C#N)CCCCC2)cc1. The second kappa shape index (κ2) is 8.15. The first-order valence-corrected chi connectivity index (χ1v) is 8.82. The van der Waals surface area contributed by atoms with Crippen LogP contribution in [-0.2, 0) is 20.7 Å². The number of esters is 1. The lowest BCUT2D eigenvalue weighted by Gasteiger charge is -2.39. The molecule has 134 valence electrons. The summed E-state index contributed by atoms with van der Waals surface area (Å²) in [6.07, 6.45) is 3.55. The van der Waals surface area contributed by atoms with Gasteiger partial charge in [0, 0.05) is 7.05 Å². The van der Waals surface area contributed by atoms with E-state index in [0.29, 0.717) is 12.8 Å². The maximum absolute atomic E-state index is 12.6. The first-order valence-electron chi connectivity index (χ1n) is 8.82. The van der Waals surface area contributed by atoms with Gasteiger partial charge in [-0.3, -0.25) is 9.59 Å². The minimum absolute atomic E-state index is 0.130. The van der Waals surface area contributed by atoms with E-state index in [4.69, 9.17) is 4.74 Å². The summed E-state index contributed by atoms with van der Waals surface area (Å²) in [6, 6.07) is 9.94. The monoisotopic (exact) mass is 342 g/mol. The van der Waals surface area contributed by atoms with Crippen molar-refractivity contribution < 1.29 is 14.3 Å².